The van der Waals surface area contributed by atoms with Crippen molar-refractivity contribution < 1.29 is 5.11 Å². The monoisotopic (exact) mass is 247 g/mol. The fourth-order valence-electron chi connectivity index (χ4n) is 2.53. The Kier molecular flexibility index (Phi) is 3.87. The van der Waals surface area contributed by atoms with E-state index < -0.39 is 0 Å². The topological polar surface area (TPSA) is 64.1 Å². The van der Waals surface area contributed by atoms with Gasteiger partial charge in [0.25, 0.3) is 0 Å². The first-order chi connectivity index (χ1) is 8.71. The molecule has 0 bridgehead atoms. The highest BCUT2D eigenvalue weighted by Crippen LogP contribution is 2.27. The lowest BCUT2D eigenvalue weighted by molar-refractivity contribution is 0.259. The fourth-order valence-corrected chi connectivity index (χ4v) is 2.53. The van der Waals surface area contributed by atoms with Crippen LogP contribution in [0.1, 0.15) is 45.0 Å². The Bertz CT molecular complexity index is 533. The number of nitrogen functional groups attached to an aromatic ring is 1. The van der Waals surface area contributed by atoms with Gasteiger partial charge in [-0.3, -0.25) is 0 Å². The molecule has 1 unspecified atom stereocenters. The lowest BCUT2D eigenvalue weighted by Crippen LogP contribution is -2.11. The smallest absolute Gasteiger partial charge is 0.135 e. The van der Waals surface area contributed by atoms with E-state index in [0.717, 1.165) is 36.1 Å². The van der Waals surface area contributed by atoms with Gasteiger partial charge in [-0.1, -0.05) is 20.3 Å². The highest BCUT2D eigenvalue weighted by atomic mass is 16.3. The molecular weight excluding hydrogens is 226 g/mol. The molecule has 0 saturated carbocycles. The van der Waals surface area contributed by atoms with Crippen molar-refractivity contribution in [1.82, 2.24) is 9.55 Å². The number of hydrogen-bond donors (Lipinski definition) is 2. The summed E-state index contributed by atoms with van der Waals surface area (Å²) in [5.41, 5.74) is 8.42. The second-order valence-corrected chi connectivity index (χ2v) is 4.66. The van der Waals surface area contributed by atoms with Crippen molar-refractivity contribution in [2.75, 3.05) is 5.73 Å². The third kappa shape index (κ3) is 2.20. The molecule has 0 aliphatic carbocycles. The molecular formula is C14H21N3O. The number of nitrogens with two attached hydrogens (primary N) is 1. The zero-order chi connectivity index (χ0) is 13.1. The molecule has 0 radical (unpaired) electrons. The van der Waals surface area contributed by atoms with Crippen LogP contribution < -0.4 is 5.73 Å². The van der Waals surface area contributed by atoms with Crippen molar-refractivity contribution in [2.45, 2.75) is 45.8 Å². The quantitative estimate of drug-likeness (QED) is 0.798. The molecule has 0 aliphatic rings. The second kappa shape index (κ2) is 5.40. The summed E-state index contributed by atoms with van der Waals surface area (Å²) < 4.78 is 2.16. The molecule has 2 rings (SSSR count). The summed E-state index contributed by atoms with van der Waals surface area (Å²) >= 11 is 0. The highest BCUT2D eigenvalue weighted by Gasteiger charge is 2.16. The minimum absolute atomic E-state index is 0.0329. The summed E-state index contributed by atoms with van der Waals surface area (Å²) in [6, 6.07) is 6.14. The lowest BCUT2D eigenvalue weighted by atomic mass is 10.1. The van der Waals surface area contributed by atoms with Crippen LogP contribution in [0.5, 0.6) is 0 Å². The number of aliphatic hydroxyl groups is 1. The average Bonchev–Trinajstić information content (AvgIpc) is 2.73. The Labute approximate surface area is 107 Å². The Morgan fingerprint density at radius 3 is 2.78 bits per heavy atom. The Morgan fingerprint density at radius 2 is 2.17 bits per heavy atom. The molecule has 4 heteroatoms. The predicted molar refractivity (Wildman–Crippen MR) is 74.3 cm³/mol. The Hall–Kier alpha value is -1.55. The van der Waals surface area contributed by atoms with Gasteiger partial charge in [-0.05, 0) is 31.0 Å². The molecule has 4 nitrogen and oxygen atoms in total. The zero-order valence-electron chi connectivity index (χ0n) is 11.1. The summed E-state index contributed by atoms with van der Waals surface area (Å²) in [4.78, 5) is 4.48. The second-order valence-electron chi connectivity index (χ2n) is 4.66. The van der Waals surface area contributed by atoms with Crippen LogP contribution in [0.3, 0.4) is 0 Å². The highest BCUT2D eigenvalue weighted by molar-refractivity contribution is 5.79. The number of aliphatic hydroxyl groups excluding tert-OH is 1. The average molecular weight is 247 g/mol. The van der Waals surface area contributed by atoms with Crippen molar-refractivity contribution in [1.29, 1.82) is 0 Å². The van der Waals surface area contributed by atoms with E-state index in [1.165, 1.54) is 0 Å². The van der Waals surface area contributed by atoms with E-state index in [1.54, 1.807) is 0 Å². The minimum atomic E-state index is -0.0329. The van der Waals surface area contributed by atoms with Gasteiger partial charge in [-0.2, -0.15) is 0 Å². The van der Waals surface area contributed by atoms with Gasteiger partial charge in [0.1, 0.15) is 12.4 Å². The first kappa shape index (κ1) is 12.9. The summed E-state index contributed by atoms with van der Waals surface area (Å²) in [5, 5.41) is 9.49. The van der Waals surface area contributed by atoms with Crippen molar-refractivity contribution >= 4 is 16.7 Å². The van der Waals surface area contributed by atoms with E-state index in [9.17, 15) is 5.11 Å². The Morgan fingerprint density at radius 1 is 1.39 bits per heavy atom. The van der Waals surface area contributed by atoms with Gasteiger partial charge in [-0.25, -0.2) is 4.98 Å². The van der Waals surface area contributed by atoms with Crippen LogP contribution in [-0.2, 0) is 6.61 Å². The van der Waals surface area contributed by atoms with Crippen molar-refractivity contribution in [3.8, 4) is 0 Å². The zero-order valence-corrected chi connectivity index (χ0v) is 11.1. The first-order valence-corrected chi connectivity index (χ1v) is 6.58. The van der Waals surface area contributed by atoms with Crippen molar-refractivity contribution in [2.24, 2.45) is 0 Å². The number of aromatic nitrogens is 2. The lowest BCUT2D eigenvalue weighted by Gasteiger charge is -2.19. The van der Waals surface area contributed by atoms with E-state index in [1.807, 2.05) is 18.2 Å². The van der Waals surface area contributed by atoms with E-state index in [2.05, 4.69) is 23.4 Å². The maximum Gasteiger partial charge on any atom is 0.135 e. The molecule has 0 amide bonds. The fraction of sp³-hybridized carbons (Fsp3) is 0.500. The molecule has 0 fully saturated rings. The number of rotatable bonds is 5. The van der Waals surface area contributed by atoms with E-state index in [0.29, 0.717) is 11.7 Å². The third-order valence-electron chi connectivity index (χ3n) is 3.39. The first-order valence-electron chi connectivity index (χ1n) is 6.58. The van der Waals surface area contributed by atoms with Gasteiger partial charge in [-0.15, -0.1) is 0 Å². The summed E-state index contributed by atoms with van der Waals surface area (Å²) in [7, 11) is 0. The molecule has 1 heterocycles. The number of imidazole rings is 1. The Balaban J connectivity index is 2.58. The van der Waals surface area contributed by atoms with Gasteiger partial charge >= 0.3 is 0 Å². The van der Waals surface area contributed by atoms with Gasteiger partial charge in [0.2, 0.25) is 0 Å². The standard InChI is InChI=1S/C14H21N3O/c1-3-5-11(4-2)17-13-7-6-10(15)8-12(13)16-14(17)9-18/h6-8,11,18H,3-5,9,15H2,1-2H3. The van der Waals surface area contributed by atoms with Crippen LogP contribution >= 0.6 is 0 Å². The van der Waals surface area contributed by atoms with Crippen molar-refractivity contribution in [3.05, 3.63) is 24.0 Å². The van der Waals surface area contributed by atoms with Crippen LogP contribution in [0.4, 0.5) is 5.69 Å². The maximum atomic E-state index is 9.49. The van der Waals surface area contributed by atoms with Gasteiger partial charge in [0.05, 0.1) is 11.0 Å². The molecule has 1 aromatic heterocycles. The molecule has 0 aliphatic heterocycles. The molecule has 98 valence electrons. The molecule has 1 aromatic carbocycles. The maximum absolute atomic E-state index is 9.49. The normalized spacial score (nSPS) is 13.1. The summed E-state index contributed by atoms with van der Waals surface area (Å²) in [6.45, 7) is 4.32. The number of benzene rings is 1. The van der Waals surface area contributed by atoms with Crippen LogP contribution in [-0.4, -0.2) is 14.7 Å². The molecule has 3 N–H and O–H groups in total. The predicted octanol–water partition coefficient (Wildman–Crippen LogP) is 2.86. The van der Waals surface area contributed by atoms with E-state index in [4.69, 9.17) is 5.73 Å². The van der Waals surface area contributed by atoms with Crippen LogP contribution in [0.2, 0.25) is 0 Å². The molecule has 18 heavy (non-hydrogen) atoms. The van der Waals surface area contributed by atoms with Gasteiger partial charge in [0.15, 0.2) is 0 Å². The van der Waals surface area contributed by atoms with E-state index >= 15 is 0 Å². The SMILES string of the molecule is CCCC(CC)n1c(CO)nc2cc(N)ccc21. The summed E-state index contributed by atoms with van der Waals surface area (Å²) in [6.07, 6.45) is 3.26. The van der Waals surface area contributed by atoms with Gasteiger partial charge in [0, 0.05) is 11.7 Å². The van der Waals surface area contributed by atoms with Crippen LogP contribution in [0.25, 0.3) is 11.0 Å². The number of fused-ring (bicyclic) bond motifs is 1. The molecule has 0 spiro atoms. The summed E-state index contributed by atoms with van der Waals surface area (Å²) in [5.74, 6) is 0.732. The van der Waals surface area contributed by atoms with Gasteiger partial charge < -0.3 is 15.4 Å². The number of hydrogen-bond acceptors (Lipinski definition) is 3. The number of nitrogens with zero attached hydrogens (tertiary/aromatic N) is 2. The molecule has 0 saturated heterocycles. The minimum Gasteiger partial charge on any atom is -0.399 e. The third-order valence-corrected chi connectivity index (χ3v) is 3.39. The van der Waals surface area contributed by atoms with E-state index in [-0.39, 0.29) is 6.61 Å². The van der Waals surface area contributed by atoms with Crippen LogP contribution in [0.15, 0.2) is 18.2 Å². The molecule has 1 atom stereocenters. The van der Waals surface area contributed by atoms with Crippen molar-refractivity contribution in [3.63, 3.8) is 0 Å². The largest absolute Gasteiger partial charge is 0.399 e. The van der Waals surface area contributed by atoms with Crippen LogP contribution in [0, 0.1) is 0 Å². The number of anilines is 1. The molecule has 2 aromatic rings.